The Balaban J connectivity index is 1.68. The van der Waals surface area contributed by atoms with Crippen molar-refractivity contribution < 1.29 is 0 Å². The third kappa shape index (κ3) is 2.20. The van der Waals surface area contributed by atoms with Crippen LogP contribution in [0.1, 0.15) is 38.6 Å². The first-order valence-corrected chi connectivity index (χ1v) is 7.29. The Morgan fingerprint density at radius 1 is 1.29 bits per heavy atom. The van der Waals surface area contributed by atoms with Gasteiger partial charge in [0.2, 0.25) is 5.16 Å². The van der Waals surface area contributed by atoms with E-state index in [2.05, 4.69) is 34.8 Å². The van der Waals surface area contributed by atoms with Crippen molar-refractivity contribution in [3.63, 3.8) is 0 Å². The summed E-state index contributed by atoms with van der Waals surface area (Å²) in [6.07, 6.45) is 4.99. The number of aromatic nitrogens is 4. The van der Waals surface area contributed by atoms with E-state index in [4.69, 9.17) is 0 Å². The molecule has 0 aliphatic heterocycles. The largest absolute Gasteiger partial charge is 0.317 e. The molecule has 3 unspecified atom stereocenters. The second kappa shape index (κ2) is 4.57. The zero-order chi connectivity index (χ0) is 11.8. The Morgan fingerprint density at radius 2 is 2.12 bits per heavy atom. The number of tetrazole rings is 1. The highest BCUT2D eigenvalue weighted by Crippen LogP contribution is 2.41. The quantitative estimate of drug-likeness (QED) is 0.881. The zero-order valence-electron chi connectivity index (χ0n) is 10.3. The Morgan fingerprint density at radius 3 is 2.76 bits per heavy atom. The molecule has 0 saturated heterocycles. The predicted octanol–water partition coefficient (Wildman–Crippen LogP) is 1.49. The average Bonchev–Trinajstić information content (AvgIpc) is 2.98. The molecule has 1 N–H and O–H groups in total. The van der Waals surface area contributed by atoms with E-state index >= 15 is 0 Å². The van der Waals surface area contributed by atoms with E-state index in [-0.39, 0.29) is 0 Å². The van der Waals surface area contributed by atoms with Crippen molar-refractivity contribution >= 4 is 11.8 Å². The fourth-order valence-corrected chi connectivity index (χ4v) is 3.96. The molecule has 0 aromatic carbocycles. The second-order valence-electron chi connectivity index (χ2n) is 5.13. The highest BCUT2D eigenvalue weighted by molar-refractivity contribution is 7.99. The molecular weight excluding hydrogens is 234 g/mol. The van der Waals surface area contributed by atoms with Crippen LogP contribution in [0.4, 0.5) is 0 Å². The van der Waals surface area contributed by atoms with Gasteiger partial charge in [-0.2, -0.15) is 0 Å². The van der Waals surface area contributed by atoms with Crippen molar-refractivity contribution in [2.24, 2.45) is 5.92 Å². The van der Waals surface area contributed by atoms with Crippen LogP contribution in [0.2, 0.25) is 0 Å². The summed E-state index contributed by atoms with van der Waals surface area (Å²) in [5.41, 5.74) is 0. The Bertz CT molecular complexity index is 389. The first-order chi connectivity index (χ1) is 8.29. The summed E-state index contributed by atoms with van der Waals surface area (Å²) in [7, 11) is 2.06. The van der Waals surface area contributed by atoms with Crippen molar-refractivity contribution in [1.82, 2.24) is 25.5 Å². The maximum absolute atomic E-state index is 4.17. The van der Waals surface area contributed by atoms with Crippen LogP contribution in [0.25, 0.3) is 0 Å². The predicted molar refractivity (Wildman–Crippen MR) is 67.0 cm³/mol. The van der Waals surface area contributed by atoms with Gasteiger partial charge in [0.1, 0.15) is 0 Å². The summed E-state index contributed by atoms with van der Waals surface area (Å²) >= 11 is 1.87. The molecular formula is C11H19N5S. The topological polar surface area (TPSA) is 55.6 Å². The van der Waals surface area contributed by atoms with Gasteiger partial charge in [0, 0.05) is 11.3 Å². The van der Waals surface area contributed by atoms with E-state index < -0.39 is 0 Å². The molecule has 1 aromatic heterocycles. The first kappa shape index (κ1) is 11.5. The van der Waals surface area contributed by atoms with Gasteiger partial charge in [-0.15, -0.1) is 5.10 Å². The third-order valence-corrected chi connectivity index (χ3v) is 5.41. The molecule has 3 atom stereocenters. The monoisotopic (exact) mass is 253 g/mol. The lowest BCUT2D eigenvalue weighted by Gasteiger charge is -2.19. The molecule has 2 saturated carbocycles. The van der Waals surface area contributed by atoms with Crippen LogP contribution in [-0.2, 0) is 0 Å². The van der Waals surface area contributed by atoms with Gasteiger partial charge in [-0.1, -0.05) is 18.7 Å². The summed E-state index contributed by atoms with van der Waals surface area (Å²) in [4.78, 5) is 0. The summed E-state index contributed by atoms with van der Waals surface area (Å²) in [5.74, 6) is 0.689. The number of rotatable bonds is 4. The SMILES string of the molecule is CNC1CCC(Sc2nnnn2C2CC2)C1C. The van der Waals surface area contributed by atoms with Gasteiger partial charge in [-0.3, -0.25) is 0 Å². The Labute approximate surface area is 106 Å². The minimum absolute atomic E-state index is 0.573. The molecule has 94 valence electrons. The molecule has 2 fully saturated rings. The van der Waals surface area contributed by atoms with E-state index in [1.807, 2.05) is 16.4 Å². The second-order valence-corrected chi connectivity index (χ2v) is 6.33. The van der Waals surface area contributed by atoms with Crippen molar-refractivity contribution in [1.29, 1.82) is 0 Å². The van der Waals surface area contributed by atoms with Gasteiger partial charge in [-0.25, -0.2) is 4.68 Å². The molecule has 0 amide bonds. The maximum atomic E-state index is 4.17. The minimum atomic E-state index is 0.573. The number of nitrogens with one attached hydrogen (secondary N) is 1. The number of thioether (sulfide) groups is 1. The lowest BCUT2D eigenvalue weighted by Crippen LogP contribution is -2.30. The van der Waals surface area contributed by atoms with E-state index in [0.29, 0.717) is 23.3 Å². The number of hydrogen-bond donors (Lipinski definition) is 1. The summed E-state index contributed by atoms with van der Waals surface area (Å²) in [6, 6.07) is 1.22. The Hall–Kier alpha value is -0.620. The molecule has 3 rings (SSSR count). The lowest BCUT2D eigenvalue weighted by atomic mass is 10.1. The van der Waals surface area contributed by atoms with Gasteiger partial charge in [-0.05, 0) is 49.1 Å². The number of nitrogens with zero attached hydrogens (tertiary/aromatic N) is 4. The maximum Gasteiger partial charge on any atom is 0.209 e. The highest BCUT2D eigenvalue weighted by atomic mass is 32.2. The normalized spacial score (nSPS) is 33.2. The van der Waals surface area contributed by atoms with Crippen molar-refractivity contribution in [2.75, 3.05) is 7.05 Å². The van der Waals surface area contributed by atoms with E-state index in [9.17, 15) is 0 Å². The summed E-state index contributed by atoms with van der Waals surface area (Å²) in [5, 5.41) is 17.2. The standard InChI is InChI=1S/C11H19N5S/c1-7-9(12-2)5-6-10(7)17-11-13-14-15-16(11)8-3-4-8/h7-10,12H,3-6H2,1-2H3. The molecule has 2 aliphatic carbocycles. The van der Waals surface area contributed by atoms with Crippen LogP contribution in [0, 0.1) is 5.92 Å². The molecule has 6 heteroatoms. The molecule has 5 nitrogen and oxygen atoms in total. The summed E-state index contributed by atoms with van der Waals surface area (Å²) in [6.45, 7) is 2.33. The zero-order valence-corrected chi connectivity index (χ0v) is 11.2. The molecule has 17 heavy (non-hydrogen) atoms. The highest BCUT2D eigenvalue weighted by Gasteiger charge is 2.35. The first-order valence-electron chi connectivity index (χ1n) is 6.41. The van der Waals surface area contributed by atoms with Crippen LogP contribution < -0.4 is 5.32 Å². The van der Waals surface area contributed by atoms with Gasteiger partial charge in [0.15, 0.2) is 0 Å². The lowest BCUT2D eigenvalue weighted by molar-refractivity contribution is 0.463. The molecule has 0 spiro atoms. The number of hydrogen-bond acceptors (Lipinski definition) is 5. The van der Waals surface area contributed by atoms with E-state index in [1.165, 1.54) is 25.7 Å². The van der Waals surface area contributed by atoms with Crippen LogP contribution in [0.15, 0.2) is 5.16 Å². The van der Waals surface area contributed by atoms with Crippen molar-refractivity contribution in [2.45, 2.75) is 55.1 Å². The van der Waals surface area contributed by atoms with Crippen LogP contribution in [-0.4, -0.2) is 38.5 Å². The van der Waals surface area contributed by atoms with Gasteiger partial charge in [0.25, 0.3) is 0 Å². The summed E-state index contributed by atoms with van der Waals surface area (Å²) < 4.78 is 2.02. The van der Waals surface area contributed by atoms with Crippen molar-refractivity contribution in [3.8, 4) is 0 Å². The third-order valence-electron chi connectivity index (χ3n) is 3.97. The molecule has 0 radical (unpaired) electrons. The van der Waals surface area contributed by atoms with Crippen LogP contribution >= 0.6 is 11.8 Å². The molecule has 2 aliphatic rings. The Kier molecular flexibility index (Phi) is 3.08. The van der Waals surface area contributed by atoms with Gasteiger partial charge >= 0.3 is 0 Å². The van der Waals surface area contributed by atoms with E-state index in [1.54, 1.807) is 0 Å². The average molecular weight is 253 g/mol. The van der Waals surface area contributed by atoms with Crippen molar-refractivity contribution in [3.05, 3.63) is 0 Å². The molecule has 1 heterocycles. The van der Waals surface area contributed by atoms with Gasteiger partial charge < -0.3 is 5.32 Å². The van der Waals surface area contributed by atoms with E-state index in [0.717, 1.165) is 5.16 Å². The fraction of sp³-hybridized carbons (Fsp3) is 0.909. The fourth-order valence-electron chi connectivity index (χ4n) is 2.65. The molecule has 0 bridgehead atoms. The van der Waals surface area contributed by atoms with Crippen LogP contribution in [0.5, 0.6) is 0 Å². The minimum Gasteiger partial charge on any atom is -0.317 e. The van der Waals surface area contributed by atoms with Gasteiger partial charge in [0.05, 0.1) is 6.04 Å². The molecule has 1 aromatic rings. The smallest absolute Gasteiger partial charge is 0.209 e. The van der Waals surface area contributed by atoms with Crippen LogP contribution in [0.3, 0.4) is 0 Å².